The van der Waals surface area contributed by atoms with Gasteiger partial charge in [-0.3, -0.25) is 9.36 Å². The van der Waals surface area contributed by atoms with Gasteiger partial charge in [-0.1, -0.05) is 24.3 Å². The number of rotatable bonds is 3. The molecular formula is C17H17N3O. The molecule has 3 rings (SSSR count). The van der Waals surface area contributed by atoms with E-state index in [-0.39, 0.29) is 5.56 Å². The van der Waals surface area contributed by atoms with Crippen LogP contribution in [0, 0.1) is 13.8 Å². The van der Waals surface area contributed by atoms with Crippen LogP contribution in [0.3, 0.4) is 0 Å². The standard InChI is InChI=1S/C17H17N3O/c1-4-10-19-15(21)11-12(2)16-13(3)18-20(17(16)19)14-8-6-5-7-9-14/h4-9,11H,1,10H2,2-3H3. The molecule has 0 radical (unpaired) electrons. The number of fused-ring (bicyclic) bond motifs is 1. The first-order valence-corrected chi connectivity index (χ1v) is 6.89. The molecule has 0 aliphatic heterocycles. The first-order valence-electron chi connectivity index (χ1n) is 6.89. The van der Waals surface area contributed by atoms with Gasteiger partial charge in [-0.05, 0) is 31.5 Å². The minimum Gasteiger partial charge on any atom is -0.289 e. The third-order valence-electron chi connectivity index (χ3n) is 3.60. The number of nitrogens with zero attached hydrogens (tertiary/aromatic N) is 3. The highest BCUT2D eigenvalue weighted by atomic mass is 16.1. The van der Waals surface area contributed by atoms with E-state index < -0.39 is 0 Å². The topological polar surface area (TPSA) is 39.8 Å². The average Bonchev–Trinajstić information content (AvgIpc) is 2.82. The Bertz CT molecular complexity index is 872. The minimum absolute atomic E-state index is 0.0306. The molecule has 3 aromatic rings. The monoisotopic (exact) mass is 279 g/mol. The number of pyridine rings is 1. The first kappa shape index (κ1) is 13.4. The van der Waals surface area contributed by atoms with Crippen LogP contribution >= 0.6 is 0 Å². The molecule has 2 aromatic heterocycles. The zero-order valence-electron chi connectivity index (χ0n) is 12.2. The molecule has 106 valence electrons. The van der Waals surface area contributed by atoms with Crippen molar-refractivity contribution in [2.24, 2.45) is 0 Å². The molecule has 0 unspecified atom stereocenters. The van der Waals surface area contributed by atoms with E-state index in [1.54, 1.807) is 16.7 Å². The van der Waals surface area contributed by atoms with E-state index in [0.29, 0.717) is 6.54 Å². The maximum Gasteiger partial charge on any atom is 0.252 e. The second-order valence-corrected chi connectivity index (χ2v) is 5.10. The number of aromatic nitrogens is 3. The molecule has 0 fully saturated rings. The van der Waals surface area contributed by atoms with Gasteiger partial charge >= 0.3 is 0 Å². The SMILES string of the molecule is C=CCn1c(=O)cc(C)c2c(C)nn(-c3ccccc3)c21. The number of aryl methyl sites for hydroxylation is 2. The van der Waals surface area contributed by atoms with Crippen LogP contribution in [-0.2, 0) is 6.54 Å². The van der Waals surface area contributed by atoms with Crippen LogP contribution in [0.1, 0.15) is 11.3 Å². The lowest BCUT2D eigenvalue weighted by molar-refractivity contribution is 0.765. The van der Waals surface area contributed by atoms with Gasteiger partial charge in [-0.25, -0.2) is 4.68 Å². The Morgan fingerprint density at radius 1 is 1.24 bits per heavy atom. The lowest BCUT2D eigenvalue weighted by Gasteiger charge is -2.10. The third-order valence-corrected chi connectivity index (χ3v) is 3.60. The first-order chi connectivity index (χ1) is 10.1. The second-order valence-electron chi connectivity index (χ2n) is 5.10. The summed E-state index contributed by atoms with van der Waals surface area (Å²) in [5, 5.41) is 5.66. The predicted molar refractivity (Wildman–Crippen MR) is 85.0 cm³/mol. The lowest BCUT2D eigenvalue weighted by Crippen LogP contribution is -2.21. The Labute approximate surface area is 123 Å². The smallest absolute Gasteiger partial charge is 0.252 e. The third kappa shape index (κ3) is 2.09. The van der Waals surface area contributed by atoms with Crippen molar-refractivity contribution in [3.05, 3.63) is 70.7 Å². The fraction of sp³-hybridized carbons (Fsp3) is 0.176. The maximum absolute atomic E-state index is 12.3. The van der Waals surface area contributed by atoms with Crippen LogP contribution in [0.15, 0.2) is 53.8 Å². The fourth-order valence-electron chi connectivity index (χ4n) is 2.72. The van der Waals surface area contributed by atoms with E-state index in [1.807, 2.05) is 48.9 Å². The average molecular weight is 279 g/mol. The van der Waals surface area contributed by atoms with Gasteiger partial charge in [0.1, 0.15) is 5.65 Å². The van der Waals surface area contributed by atoms with Gasteiger partial charge in [0.2, 0.25) is 0 Å². The molecule has 4 nitrogen and oxygen atoms in total. The summed E-state index contributed by atoms with van der Waals surface area (Å²) in [6.07, 6.45) is 1.73. The summed E-state index contributed by atoms with van der Waals surface area (Å²) in [6.45, 7) is 8.13. The zero-order valence-corrected chi connectivity index (χ0v) is 12.2. The lowest BCUT2D eigenvalue weighted by atomic mass is 10.1. The largest absolute Gasteiger partial charge is 0.289 e. The van der Waals surface area contributed by atoms with Crippen molar-refractivity contribution in [1.82, 2.24) is 14.3 Å². The molecule has 0 aliphatic rings. The Kier molecular flexibility index (Phi) is 3.22. The van der Waals surface area contributed by atoms with Crippen LogP contribution < -0.4 is 5.56 Å². The predicted octanol–water partition coefficient (Wildman–Crippen LogP) is 2.99. The molecule has 0 aliphatic carbocycles. The molecule has 0 atom stereocenters. The summed E-state index contributed by atoms with van der Waals surface area (Å²) in [7, 11) is 0. The van der Waals surface area contributed by atoms with Gasteiger partial charge in [-0.2, -0.15) is 5.10 Å². The van der Waals surface area contributed by atoms with Crippen molar-refractivity contribution in [2.75, 3.05) is 0 Å². The molecule has 1 aromatic carbocycles. The molecule has 0 saturated carbocycles. The van der Waals surface area contributed by atoms with Crippen molar-refractivity contribution in [3.8, 4) is 5.69 Å². The van der Waals surface area contributed by atoms with Crippen molar-refractivity contribution in [2.45, 2.75) is 20.4 Å². The highest BCUT2D eigenvalue weighted by molar-refractivity contribution is 5.83. The summed E-state index contributed by atoms with van der Waals surface area (Å²) < 4.78 is 3.55. The summed E-state index contributed by atoms with van der Waals surface area (Å²) >= 11 is 0. The van der Waals surface area contributed by atoms with E-state index in [2.05, 4.69) is 11.7 Å². The number of hydrogen-bond acceptors (Lipinski definition) is 2. The molecule has 0 spiro atoms. The van der Waals surface area contributed by atoms with Gasteiger partial charge in [0, 0.05) is 18.0 Å². The number of hydrogen-bond donors (Lipinski definition) is 0. The van der Waals surface area contributed by atoms with E-state index in [4.69, 9.17) is 0 Å². The molecular weight excluding hydrogens is 262 g/mol. The number of para-hydroxylation sites is 1. The molecule has 21 heavy (non-hydrogen) atoms. The Morgan fingerprint density at radius 2 is 1.95 bits per heavy atom. The molecule has 0 N–H and O–H groups in total. The van der Waals surface area contributed by atoms with Crippen molar-refractivity contribution < 1.29 is 0 Å². The normalized spacial score (nSPS) is 11.0. The van der Waals surface area contributed by atoms with Crippen LogP contribution in [0.4, 0.5) is 0 Å². The van der Waals surface area contributed by atoms with Gasteiger partial charge < -0.3 is 0 Å². The van der Waals surface area contributed by atoms with Crippen LogP contribution in [-0.4, -0.2) is 14.3 Å². The molecule has 0 bridgehead atoms. The summed E-state index contributed by atoms with van der Waals surface area (Å²) in [6, 6.07) is 11.5. The number of benzene rings is 1. The van der Waals surface area contributed by atoms with E-state index in [1.165, 1.54) is 0 Å². The molecule has 4 heteroatoms. The van der Waals surface area contributed by atoms with Gasteiger partial charge in [0.05, 0.1) is 11.4 Å². The summed E-state index contributed by atoms with van der Waals surface area (Å²) in [5.41, 5.74) is 3.61. The zero-order chi connectivity index (χ0) is 15.0. The van der Waals surface area contributed by atoms with E-state index in [9.17, 15) is 4.79 Å². The second kappa shape index (κ2) is 5.05. The van der Waals surface area contributed by atoms with E-state index in [0.717, 1.165) is 28.0 Å². The highest BCUT2D eigenvalue weighted by Crippen LogP contribution is 2.23. The number of allylic oxidation sites excluding steroid dienone is 1. The van der Waals surface area contributed by atoms with Gasteiger partial charge in [0.15, 0.2) is 0 Å². The Hall–Kier alpha value is -2.62. The van der Waals surface area contributed by atoms with E-state index >= 15 is 0 Å². The minimum atomic E-state index is -0.0306. The van der Waals surface area contributed by atoms with Crippen molar-refractivity contribution >= 4 is 11.0 Å². The van der Waals surface area contributed by atoms with Gasteiger partial charge in [0.25, 0.3) is 5.56 Å². The Balaban J connectivity index is 2.47. The highest BCUT2D eigenvalue weighted by Gasteiger charge is 2.16. The summed E-state index contributed by atoms with van der Waals surface area (Å²) in [4.78, 5) is 12.3. The Morgan fingerprint density at radius 3 is 2.62 bits per heavy atom. The molecule has 0 amide bonds. The summed E-state index contributed by atoms with van der Waals surface area (Å²) in [5.74, 6) is 0. The van der Waals surface area contributed by atoms with Crippen molar-refractivity contribution in [3.63, 3.8) is 0 Å². The van der Waals surface area contributed by atoms with Gasteiger partial charge in [-0.15, -0.1) is 6.58 Å². The quantitative estimate of drug-likeness (QED) is 0.691. The van der Waals surface area contributed by atoms with Crippen LogP contribution in [0.2, 0.25) is 0 Å². The van der Waals surface area contributed by atoms with Crippen LogP contribution in [0.25, 0.3) is 16.7 Å². The maximum atomic E-state index is 12.3. The molecule has 2 heterocycles. The van der Waals surface area contributed by atoms with Crippen molar-refractivity contribution in [1.29, 1.82) is 0 Å². The molecule has 0 saturated heterocycles. The fourth-order valence-corrected chi connectivity index (χ4v) is 2.72. The van der Waals surface area contributed by atoms with Crippen LogP contribution in [0.5, 0.6) is 0 Å².